The maximum Gasteiger partial charge on any atom is 0.475 e. The third-order valence-electron chi connectivity index (χ3n) is 23.3. The molecule has 0 aromatic rings. The Bertz CT molecular complexity index is 2850. The number of carbonyl (C=O) groups is 7. The highest BCUT2D eigenvalue weighted by Crippen LogP contribution is 2.51. The first-order valence-electron chi connectivity index (χ1n) is 53.7. The molecule has 0 aromatic heterocycles. The SMILES string of the molecule is C=CCOP(=O)(OCCC)OCC(CCCC(CCCCCCCC)OC(=O)CCCCCCCCCCCC)NC(C)=O.C=CCOP(=O)(OCCNC(=O)NCCOP(=O)(OCC=C)OCC(CCCC(CCCCCCCC)OC(=O)CCCCCCCCCCCC)NC(C)=O)OCC(CCCC(CCCCCCCC)OC(=O)CCCCCCCCCCCC)NC(C)=O. The molecule has 0 bridgehead atoms. The summed E-state index contributed by atoms with van der Waals surface area (Å²) in [6.45, 7) is 29.1. The predicted molar refractivity (Wildman–Crippen MR) is 546 cm³/mol. The first kappa shape index (κ1) is 132. The zero-order valence-electron chi connectivity index (χ0n) is 86.7. The van der Waals surface area contributed by atoms with Gasteiger partial charge in [0.2, 0.25) is 17.7 Å². The lowest BCUT2D eigenvalue weighted by molar-refractivity contribution is -0.151. The third kappa shape index (κ3) is 89.0. The number of phosphoric acid groups is 3. The van der Waals surface area contributed by atoms with Crippen LogP contribution in [0.4, 0.5) is 4.79 Å². The number of phosphoric ester groups is 3. The van der Waals surface area contributed by atoms with Crippen molar-refractivity contribution in [3.05, 3.63) is 38.0 Å². The molecule has 0 fully saturated rings. The first-order chi connectivity index (χ1) is 64.9. The number of amides is 5. The van der Waals surface area contributed by atoms with Gasteiger partial charge in [0, 0.05) is 53.1 Å². The molecule has 5 amide bonds. The lowest BCUT2D eigenvalue weighted by Gasteiger charge is -2.23. The molecule has 134 heavy (non-hydrogen) atoms. The molecule has 5 N–H and O–H groups in total. The fourth-order valence-electron chi connectivity index (χ4n) is 15.7. The van der Waals surface area contributed by atoms with Crippen LogP contribution in [-0.4, -0.2) is 151 Å². The molecule has 0 aliphatic heterocycles. The molecular weight excluding hydrogens is 1760 g/mol. The minimum Gasteiger partial charge on any atom is -0.462 e. The number of esters is 3. The number of carbonyl (C=O) groups excluding carboxylic acids is 7. The highest BCUT2D eigenvalue weighted by Gasteiger charge is 2.32. The number of hydrogen-bond acceptors (Lipinski definition) is 22. The van der Waals surface area contributed by atoms with Crippen LogP contribution in [0, 0.1) is 0 Å². The number of ether oxygens (including phenoxy) is 3. The summed E-state index contributed by atoms with van der Waals surface area (Å²) in [4.78, 5) is 88.1. The van der Waals surface area contributed by atoms with Crippen LogP contribution < -0.4 is 26.6 Å². The van der Waals surface area contributed by atoms with E-state index in [2.05, 4.69) is 87.9 Å². The lowest BCUT2D eigenvalue weighted by Crippen LogP contribution is -2.39. The lowest BCUT2D eigenvalue weighted by atomic mass is 10.0. The van der Waals surface area contributed by atoms with Gasteiger partial charge in [-0.05, 0) is 122 Å². The summed E-state index contributed by atoms with van der Waals surface area (Å²) in [5.74, 6) is -1.22. The van der Waals surface area contributed by atoms with E-state index in [1.165, 1.54) is 244 Å². The van der Waals surface area contributed by atoms with Gasteiger partial charge in [0.15, 0.2) is 0 Å². The number of rotatable bonds is 101. The summed E-state index contributed by atoms with van der Waals surface area (Å²) in [6, 6.07) is -2.11. The van der Waals surface area contributed by atoms with Crippen LogP contribution >= 0.6 is 23.5 Å². The van der Waals surface area contributed by atoms with E-state index < -0.39 is 41.6 Å². The average Bonchev–Trinajstić information content (AvgIpc) is 0.892. The largest absolute Gasteiger partial charge is 0.475 e. The highest BCUT2D eigenvalue weighted by atomic mass is 31.2. The van der Waals surface area contributed by atoms with E-state index in [-0.39, 0.29) is 133 Å². The van der Waals surface area contributed by atoms with E-state index in [9.17, 15) is 47.3 Å². The predicted octanol–water partition coefficient (Wildman–Crippen LogP) is 28.7. The standard InChI is InChI=1S/C69H132N4O15P2.C35H68NO7P/c1-9-15-19-23-27-29-31-33-37-41-51-67(76)87-65(47-39-35-25-21-17-11-3)49-43-45-63(72-61(7)74)59-85-89(79,81-55-13-5)83-57-53-70-69(78)71-54-58-84-90(80,82-56-14-6)86-60-64(73-62(8)75)46-44-50-66(48-40-36-26-22-18-12-4)88-68(77)52-42-38-34-32-30-28-24-20-16-10-2;1-6-10-12-14-16-17-18-19-21-23-28-35(38)43-34(26-22-20-15-13-11-7-2)27-24-25-33(36-32(5)37)31-42-44(39,40-29-8-3)41-30-9-4/h13-14,63-66H,5-6,9-12,15-60H2,1-4,7-8H3,(H,72,74)(H,73,75)(H2,70,71,78);8,33-34H,3,6-7,9-31H2,1-2,4-5H3,(H,36,37). The van der Waals surface area contributed by atoms with Gasteiger partial charge in [-0.25, -0.2) is 18.5 Å². The van der Waals surface area contributed by atoms with Crippen molar-refractivity contribution >= 4 is 65.1 Å². The van der Waals surface area contributed by atoms with Crippen molar-refractivity contribution in [2.24, 2.45) is 0 Å². The van der Waals surface area contributed by atoms with Crippen molar-refractivity contribution in [2.75, 3.05) is 72.6 Å². The van der Waals surface area contributed by atoms with E-state index in [4.69, 9.17) is 54.9 Å². The summed E-state index contributed by atoms with van der Waals surface area (Å²) >= 11 is 0. The fraction of sp³-hybridized carbons (Fsp3) is 0.875. The van der Waals surface area contributed by atoms with E-state index in [1.807, 2.05) is 6.92 Å². The van der Waals surface area contributed by atoms with Crippen molar-refractivity contribution in [2.45, 2.75) is 517 Å². The van der Waals surface area contributed by atoms with Crippen LogP contribution in [-0.2, 0) is 97.4 Å². The molecule has 9 atom stereocenters. The molecule has 0 radical (unpaired) electrons. The van der Waals surface area contributed by atoms with Crippen LogP contribution in [0.2, 0.25) is 0 Å². The first-order valence-corrected chi connectivity index (χ1v) is 58.1. The number of urea groups is 1. The monoisotopic (exact) mass is 1960 g/mol. The van der Waals surface area contributed by atoms with Gasteiger partial charge in [0.05, 0.1) is 77.6 Å². The average molecular weight is 1970 g/mol. The second kappa shape index (κ2) is 96.1. The summed E-state index contributed by atoms with van der Waals surface area (Å²) in [6.07, 6.45) is 70.1. The zero-order valence-corrected chi connectivity index (χ0v) is 89.4. The van der Waals surface area contributed by atoms with Gasteiger partial charge in [0.1, 0.15) is 18.3 Å². The van der Waals surface area contributed by atoms with Crippen molar-refractivity contribution < 1.29 is 102 Å². The van der Waals surface area contributed by atoms with Crippen molar-refractivity contribution in [3.63, 3.8) is 0 Å². The number of unbranched alkanes of at least 4 members (excludes halogenated alkanes) is 42. The van der Waals surface area contributed by atoms with Gasteiger partial charge in [-0.15, -0.1) is 19.7 Å². The molecule has 9 unspecified atom stereocenters. The van der Waals surface area contributed by atoms with E-state index in [0.29, 0.717) is 77.0 Å². The Labute approximate surface area is 816 Å². The molecule has 0 aliphatic rings. The van der Waals surface area contributed by atoms with Crippen molar-refractivity contribution in [1.82, 2.24) is 26.6 Å². The summed E-state index contributed by atoms with van der Waals surface area (Å²) < 4.78 is 108. The Hall–Kier alpha value is -4.36. The Morgan fingerprint density at radius 1 is 0.254 bits per heavy atom. The van der Waals surface area contributed by atoms with Crippen LogP contribution in [0.25, 0.3) is 0 Å². The summed E-state index contributed by atoms with van der Waals surface area (Å²) in [7, 11) is -12.2. The van der Waals surface area contributed by atoms with Gasteiger partial charge < -0.3 is 40.8 Å². The molecular formula is C104H200N5O22P3. The van der Waals surface area contributed by atoms with Crippen LogP contribution in [0.1, 0.15) is 480 Å². The van der Waals surface area contributed by atoms with Gasteiger partial charge in [-0.3, -0.25) is 69.5 Å². The van der Waals surface area contributed by atoms with Crippen LogP contribution in [0.5, 0.6) is 0 Å². The molecule has 0 aliphatic carbocycles. The number of nitrogens with one attached hydrogen (secondary N) is 5. The molecule has 0 spiro atoms. The molecule has 27 nitrogen and oxygen atoms in total. The third-order valence-corrected chi connectivity index (χ3v) is 27.6. The van der Waals surface area contributed by atoms with Gasteiger partial charge >= 0.3 is 47.4 Å². The summed E-state index contributed by atoms with van der Waals surface area (Å²) in [5.41, 5.74) is 0. The smallest absolute Gasteiger partial charge is 0.462 e. The molecule has 0 saturated carbocycles. The van der Waals surface area contributed by atoms with Crippen LogP contribution in [0.15, 0.2) is 38.0 Å². The molecule has 788 valence electrons. The fourth-order valence-corrected chi connectivity index (χ4v) is 19.4. The second-order valence-corrected chi connectivity index (χ2v) is 41.5. The second-order valence-electron chi connectivity index (χ2n) is 36.5. The van der Waals surface area contributed by atoms with Gasteiger partial charge in [0.25, 0.3) is 0 Å². The van der Waals surface area contributed by atoms with E-state index in [1.54, 1.807) is 0 Å². The normalized spacial score (nSPS) is 14.1. The topological polar surface area (TPSA) is 342 Å². The number of hydrogen-bond donors (Lipinski definition) is 5. The van der Waals surface area contributed by atoms with Crippen molar-refractivity contribution in [3.8, 4) is 0 Å². The van der Waals surface area contributed by atoms with Crippen molar-refractivity contribution in [1.29, 1.82) is 0 Å². The highest BCUT2D eigenvalue weighted by molar-refractivity contribution is 7.49. The molecule has 0 aromatic carbocycles. The zero-order chi connectivity index (χ0) is 99.2. The summed E-state index contributed by atoms with van der Waals surface area (Å²) in [5, 5.41) is 13.8. The molecule has 30 heteroatoms. The minimum absolute atomic E-state index is 0.00165. The maximum absolute atomic E-state index is 13.8. The quantitative estimate of drug-likeness (QED) is 0.0124. The minimum atomic E-state index is -4.22. The Morgan fingerprint density at radius 2 is 0.463 bits per heavy atom. The Morgan fingerprint density at radius 3 is 0.679 bits per heavy atom. The van der Waals surface area contributed by atoms with E-state index in [0.717, 1.165) is 128 Å². The van der Waals surface area contributed by atoms with Gasteiger partial charge in [-0.1, -0.05) is 336 Å². The Kier molecular flexibility index (Phi) is 94.5. The maximum atomic E-state index is 13.8. The molecule has 0 rings (SSSR count). The molecule has 0 saturated heterocycles. The van der Waals surface area contributed by atoms with Gasteiger partial charge in [-0.2, -0.15) is 0 Å². The van der Waals surface area contributed by atoms with Crippen LogP contribution in [0.3, 0.4) is 0 Å². The van der Waals surface area contributed by atoms with E-state index >= 15 is 0 Å². The Balaban J connectivity index is 0. The molecule has 0 heterocycles.